The molecule has 4 heteroatoms. The minimum atomic E-state index is 0.159. The molecule has 1 aliphatic heterocycles. The van der Waals surface area contributed by atoms with Crippen LogP contribution in [0.3, 0.4) is 0 Å². The van der Waals surface area contributed by atoms with Crippen molar-refractivity contribution < 1.29 is 4.79 Å². The smallest absolute Gasteiger partial charge is 0.233 e. The summed E-state index contributed by atoms with van der Waals surface area (Å²) in [4.78, 5) is 14.0. The standard InChI is InChI=1S/C13H25N3O/c1-16-7-6-11(10-16)8-15-13(17)9-14-12-4-2-3-5-12/h11-12,14H,2-10H2,1H3,(H,15,17). The molecule has 98 valence electrons. The zero-order valence-corrected chi connectivity index (χ0v) is 10.9. The van der Waals surface area contributed by atoms with Crippen molar-refractivity contribution in [2.24, 2.45) is 5.92 Å². The Balaban J connectivity index is 1.54. The maximum atomic E-state index is 11.7. The lowest BCUT2D eigenvalue weighted by molar-refractivity contribution is -0.120. The number of hydrogen-bond donors (Lipinski definition) is 2. The summed E-state index contributed by atoms with van der Waals surface area (Å²) >= 11 is 0. The van der Waals surface area contributed by atoms with Crippen LogP contribution in [-0.2, 0) is 4.79 Å². The molecular formula is C13H25N3O. The summed E-state index contributed by atoms with van der Waals surface area (Å²) < 4.78 is 0. The Kier molecular flexibility index (Phi) is 4.80. The second-order valence-corrected chi connectivity index (χ2v) is 5.58. The summed E-state index contributed by atoms with van der Waals surface area (Å²) in [6.07, 6.45) is 6.32. The normalized spacial score (nSPS) is 26.5. The first-order valence-electron chi connectivity index (χ1n) is 6.92. The van der Waals surface area contributed by atoms with Gasteiger partial charge in [0.05, 0.1) is 6.54 Å². The van der Waals surface area contributed by atoms with Gasteiger partial charge in [0.1, 0.15) is 0 Å². The highest BCUT2D eigenvalue weighted by molar-refractivity contribution is 5.78. The van der Waals surface area contributed by atoms with Crippen molar-refractivity contribution >= 4 is 5.91 Å². The van der Waals surface area contributed by atoms with Crippen LogP contribution in [0.1, 0.15) is 32.1 Å². The molecule has 17 heavy (non-hydrogen) atoms. The summed E-state index contributed by atoms with van der Waals surface area (Å²) in [5.74, 6) is 0.807. The van der Waals surface area contributed by atoms with E-state index in [9.17, 15) is 4.79 Å². The topological polar surface area (TPSA) is 44.4 Å². The molecule has 0 spiro atoms. The van der Waals surface area contributed by atoms with Crippen LogP contribution in [0.25, 0.3) is 0 Å². The van der Waals surface area contributed by atoms with E-state index in [4.69, 9.17) is 0 Å². The van der Waals surface area contributed by atoms with E-state index < -0.39 is 0 Å². The van der Waals surface area contributed by atoms with Crippen LogP contribution in [0.5, 0.6) is 0 Å². The van der Waals surface area contributed by atoms with E-state index in [0.717, 1.165) is 13.1 Å². The van der Waals surface area contributed by atoms with E-state index in [0.29, 0.717) is 18.5 Å². The summed E-state index contributed by atoms with van der Waals surface area (Å²) in [5.41, 5.74) is 0. The molecule has 1 aliphatic carbocycles. The number of rotatable bonds is 5. The van der Waals surface area contributed by atoms with E-state index in [1.807, 2.05) is 0 Å². The zero-order chi connectivity index (χ0) is 12.1. The lowest BCUT2D eigenvalue weighted by Gasteiger charge is -2.14. The molecule has 1 atom stereocenters. The van der Waals surface area contributed by atoms with Gasteiger partial charge in [-0.3, -0.25) is 4.79 Å². The molecule has 1 unspecified atom stereocenters. The third-order valence-corrected chi connectivity index (χ3v) is 3.98. The second-order valence-electron chi connectivity index (χ2n) is 5.58. The largest absolute Gasteiger partial charge is 0.355 e. The van der Waals surface area contributed by atoms with E-state index in [1.54, 1.807) is 0 Å². The van der Waals surface area contributed by atoms with E-state index >= 15 is 0 Å². The van der Waals surface area contributed by atoms with Gasteiger partial charge < -0.3 is 15.5 Å². The highest BCUT2D eigenvalue weighted by atomic mass is 16.1. The summed E-state index contributed by atoms with van der Waals surface area (Å²) in [5, 5.41) is 6.38. The fraction of sp³-hybridized carbons (Fsp3) is 0.923. The predicted octanol–water partition coefficient (Wildman–Crippen LogP) is 0.587. The number of nitrogens with one attached hydrogen (secondary N) is 2. The Morgan fingerprint density at radius 1 is 1.29 bits per heavy atom. The van der Waals surface area contributed by atoms with Gasteiger partial charge in [-0.05, 0) is 38.8 Å². The van der Waals surface area contributed by atoms with Gasteiger partial charge in [0, 0.05) is 19.1 Å². The molecule has 1 saturated carbocycles. The summed E-state index contributed by atoms with van der Waals surface area (Å²) in [7, 11) is 2.14. The third kappa shape index (κ3) is 4.28. The molecule has 0 aromatic carbocycles. The summed E-state index contributed by atoms with van der Waals surface area (Å²) in [6, 6.07) is 0.582. The summed E-state index contributed by atoms with van der Waals surface area (Å²) in [6.45, 7) is 3.62. The van der Waals surface area contributed by atoms with Crippen LogP contribution in [0, 0.1) is 5.92 Å². The molecule has 0 aromatic heterocycles. The van der Waals surface area contributed by atoms with Crippen LogP contribution >= 0.6 is 0 Å². The van der Waals surface area contributed by atoms with E-state index in [1.165, 1.54) is 38.6 Å². The molecule has 0 bridgehead atoms. The van der Waals surface area contributed by atoms with Gasteiger partial charge in [0.2, 0.25) is 5.91 Å². The SMILES string of the molecule is CN1CCC(CNC(=O)CNC2CCCC2)C1. The Labute approximate surface area is 104 Å². The van der Waals surface area contributed by atoms with Crippen LogP contribution in [-0.4, -0.2) is 50.1 Å². The molecular weight excluding hydrogens is 214 g/mol. The quantitative estimate of drug-likeness (QED) is 0.738. The van der Waals surface area contributed by atoms with E-state index in [2.05, 4.69) is 22.6 Å². The molecule has 2 aliphatic rings. The first kappa shape index (κ1) is 12.8. The maximum Gasteiger partial charge on any atom is 0.233 e. The van der Waals surface area contributed by atoms with Gasteiger partial charge in [-0.15, -0.1) is 0 Å². The molecule has 1 amide bonds. The first-order chi connectivity index (χ1) is 8.24. The number of likely N-dealkylation sites (tertiary alicyclic amines) is 1. The molecule has 0 radical (unpaired) electrons. The van der Waals surface area contributed by atoms with Crippen molar-refractivity contribution in [1.82, 2.24) is 15.5 Å². The number of carbonyl (C=O) groups excluding carboxylic acids is 1. The van der Waals surface area contributed by atoms with E-state index in [-0.39, 0.29) is 5.91 Å². The van der Waals surface area contributed by atoms with Gasteiger partial charge in [-0.25, -0.2) is 0 Å². The van der Waals surface area contributed by atoms with Crippen LogP contribution in [0.15, 0.2) is 0 Å². The number of carbonyl (C=O) groups is 1. The minimum absolute atomic E-state index is 0.159. The molecule has 2 fully saturated rings. The second kappa shape index (κ2) is 6.36. The fourth-order valence-corrected chi connectivity index (χ4v) is 2.88. The van der Waals surface area contributed by atoms with Gasteiger partial charge in [0.15, 0.2) is 0 Å². The van der Waals surface area contributed by atoms with Crippen molar-refractivity contribution in [1.29, 1.82) is 0 Å². The lowest BCUT2D eigenvalue weighted by Crippen LogP contribution is -2.40. The number of amides is 1. The van der Waals surface area contributed by atoms with Crippen molar-refractivity contribution in [2.75, 3.05) is 33.2 Å². The van der Waals surface area contributed by atoms with Crippen molar-refractivity contribution in [3.05, 3.63) is 0 Å². The zero-order valence-electron chi connectivity index (χ0n) is 10.9. The van der Waals surface area contributed by atoms with Gasteiger partial charge in [-0.2, -0.15) is 0 Å². The Bertz CT molecular complexity index is 251. The first-order valence-corrected chi connectivity index (χ1v) is 6.92. The van der Waals surface area contributed by atoms with Crippen molar-refractivity contribution in [2.45, 2.75) is 38.1 Å². The average Bonchev–Trinajstić information content (AvgIpc) is 2.95. The third-order valence-electron chi connectivity index (χ3n) is 3.98. The monoisotopic (exact) mass is 239 g/mol. The molecule has 0 aromatic rings. The molecule has 1 heterocycles. The fourth-order valence-electron chi connectivity index (χ4n) is 2.88. The Morgan fingerprint density at radius 3 is 2.71 bits per heavy atom. The minimum Gasteiger partial charge on any atom is -0.355 e. The highest BCUT2D eigenvalue weighted by Gasteiger charge is 2.20. The van der Waals surface area contributed by atoms with Crippen LogP contribution in [0.2, 0.25) is 0 Å². The highest BCUT2D eigenvalue weighted by Crippen LogP contribution is 2.17. The van der Waals surface area contributed by atoms with Gasteiger partial charge >= 0.3 is 0 Å². The number of nitrogens with zero attached hydrogens (tertiary/aromatic N) is 1. The van der Waals surface area contributed by atoms with Gasteiger partial charge in [0.25, 0.3) is 0 Å². The average molecular weight is 239 g/mol. The molecule has 1 saturated heterocycles. The van der Waals surface area contributed by atoms with Crippen molar-refractivity contribution in [3.63, 3.8) is 0 Å². The molecule has 2 N–H and O–H groups in total. The predicted molar refractivity (Wildman–Crippen MR) is 68.9 cm³/mol. The van der Waals surface area contributed by atoms with Crippen molar-refractivity contribution in [3.8, 4) is 0 Å². The maximum absolute atomic E-state index is 11.7. The number of hydrogen-bond acceptors (Lipinski definition) is 3. The molecule has 2 rings (SSSR count). The van der Waals surface area contributed by atoms with Gasteiger partial charge in [-0.1, -0.05) is 12.8 Å². The van der Waals surface area contributed by atoms with Crippen LogP contribution < -0.4 is 10.6 Å². The Hall–Kier alpha value is -0.610. The Morgan fingerprint density at radius 2 is 2.06 bits per heavy atom. The molecule has 4 nitrogen and oxygen atoms in total. The lowest BCUT2D eigenvalue weighted by atomic mass is 10.1. The van der Waals surface area contributed by atoms with Crippen LogP contribution in [0.4, 0.5) is 0 Å².